The Morgan fingerprint density at radius 3 is 2.77 bits per heavy atom. The molecule has 2 atom stereocenters. The van der Waals surface area contributed by atoms with Crippen molar-refractivity contribution in [1.29, 1.82) is 0 Å². The number of piperidine rings is 1. The highest BCUT2D eigenvalue weighted by atomic mass is 15.3. The summed E-state index contributed by atoms with van der Waals surface area (Å²) in [5.41, 5.74) is 5.33. The third-order valence-electron chi connectivity index (χ3n) is 6.55. The van der Waals surface area contributed by atoms with E-state index < -0.39 is 0 Å². The fourth-order valence-electron chi connectivity index (χ4n) is 4.80. The average Bonchev–Trinajstić information content (AvgIpc) is 3.42. The minimum atomic E-state index is 0.435. The molecule has 0 unspecified atom stereocenters. The second kappa shape index (κ2) is 7.37. The monoisotopic (exact) mass is 414 g/mol. The predicted molar refractivity (Wildman–Crippen MR) is 120 cm³/mol. The van der Waals surface area contributed by atoms with Crippen molar-refractivity contribution < 1.29 is 0 Å². The van der Waals surface area contributed by atoms with E-state index in [-0.39, 0.29) is 0 Å². The van der Waals surface area contributed by atoms with Gasteiger partial charge in [0.1, 0.15) is 5.65 Å². The smallest absolute Gasteiger partial charge is 0.225 e. The Bertz CT molecular complexity index is 1190. The largest absolute Gasteiger partial charge is 0.370 e. The van der Waals surface area contributed by atoms with Gasteiger partial charge in [0.05, 0.1) is 29.5 Å². The Kier molecular flexibility index (Phi) is 4.36. The molecule has 0 amide bonds. The maximum Gasteiger partial charge on any atom is 0.225 e. The zero-order chi connectivity index (χ0) is 20.8. The van der Waals surface area contributed by atoms with Crippen molar-refractivity contribution in [3.8, 4) is 11.4 Å². The highest BCUT2D eigenvalue weighted by Crippen LogP contribution is 2.32. The number of anilines is 2. The van der Waals surface area contributed by atoms with E-state index in [4.69, 9.17) is 4.98 Å². The van der Waals surface area contributed by atoms with Crippen LogP contribution in [0.2, 0.25) is 0 Å². The summed E-state index contributed by atoms with van der Waals surface area (Å²) in [6.45, 7) is 6.41. The molecule has 4 aromatic rings. The first kappa shape index (κ1) is 18.4. The van der Waals surface area contributed by atoms with Crippen LogP contribution in [-0.4, -0.2) is 55.7 Å². The lowest BCUT2D eigenvalue weighted by Gasteiger charge is -2.36. The Morgan fingerprint density at radius 2 is 1.97 bits per heavy atom. The predicted octanol–water partition coefficient (Wildman–Crippen LogP) is 3.35. The molecule has 8 heteroatoms. The fourth-order valence-corrected chi connectivity index (χ4v) is 4.80. The summed E-state index contributed by atoms with van der Waals surface area (Å²) in [6, 6.07) is 6.22. The quantitative estimate of drug-likeness (QED) is 0.552. The molecule has 2 aliphatic heterocycles. The topological polar surface area (TPSA) is 78.2 Å². The van der Waals surface area contributed by atoms with Gasteiger partial charge in [-0.25, -0.2) is 15.0 Å². The fraction of sp³-hybridized carbons (Fsp3) is 0.391. The molecule has 8 nitrogen and oxygen atoms in total. The lowest BCUT2D eigenvalue weighted by atomic mass is 9.87. The molecule has 2 aliphatic rings. The third kappa shape index (κ3) is 3.32. The zero-order valence-electron chi connectivity index (χ0n) is 17.6. The Balaban J connectivity index is 1.33. The first-order valence-corrected chi connectivity index (χ1v) is 11.0. The summed E-state index contributed by atoms with van der Waals surface area (Å²) in [6.07, 6.45) is 12.3. The van der Waals surface area contributed by atoms with Crippen LogP contribution >= 0.6 is 0 Å². The molecule has 31 heavy (non-hydrogen) atoms. The van der Waals surface area contributed by atoms with Gasteiger partial charge in [0.15, 0.2) is 0 Å². The van der Waals surface area contributed by atoms with Crippen LogP contribution in [0.3, 0.4) is 0 Å². The Morgan fingerprint density at radius 1 is 1.03 bits per heavy atom. The molecule has 0 bridgehead atoms. The Labute approximate surface area is 181 Å². The normalized spacial score (nSPS) is 21.5. The zero-order valence-corrected chi connectivity index (χ0v) is 17.6. The van der Waals surface area contributed by atoms with E-state index in [1.807, 2.05) is 30.9 Å². The van der Waals surface area contributed by atoms with E-state index in [1.165, 1.54) is 17.7 Å². The van der Waals surface area contributed by atoms with Gasteiger partial charge < -0.3 is 9.80 Å². The average molecular weight is 415 g/mol. The van der Waals surface area contributed by atoms with Crippen molar-refractivity contribution in [1.82, 2.24) is 29.5 Å². The molecule has 0 aliphatic carbocycles. The first-order chi connectivity index (χ1) is 15.2. The molecule has 0 aromatic carbocycles. The summed E-state index contributed by atoms with van der Waals surface area (Å²) in [5.74, 6) is 1.78. The minimum absolute atomic E-state index is 0.435. The molecule has 2 fully saturated rings. The van der Waals surface area contributed by atoms with Crippen molar-refractivity contribution in [2.45, 2.75) is 25.7 Å². The number of rotatable bonds is 4. The summed E-state index contributed by atoms with van der Waals surface area (Å²) >= 11 is 0. The second-order valence-corrected chi connectivity index (χ2v) is 8.82. The van der Waals surface area contributed by atoms with Crippen molar-refractivity contribution in [2.75, 3.05) is 36.0 Å². The van der Waals surface area contributed by atoms with Crippen LogP contribution in [0.4, 0.5) is 11.6 Å². The molecular weight excluding hydrogens is 388 g/mol. The summed E-state index contributed by atoms with van der Waals surface area (Å²) in [4.78, 5) is 18.9. The van der Waals surface area contributed by atoms with Gasteiger partial charge in [0.25, 0.3) is 0 Å². The summed E-state index contributed by atoms with van der Waals surface area (Å²) < 4.78 is 2.15. The number of hydrogen-bond acceptors (Lipinski definition) is 6. The van der Waals surface area contributed by atoms with Gasteiger partial charge in [0.2, 0.25) is 5.95 Å². The first-order valence-electron chi connectivity index (χ1n) is 11.0. The van der Waals surface area contributed by atoms with Gasteiger partial charge in [-0.1, -0.05) is 6.92 Å². The molecule has 2 saturated heterocycles. The van der Waals surface area contributed by atoms with E-state index in [0.717, 1.165) is 55.6 Å². The number of hydrogen-bond donors (Lipinski definition) is 1. The lowest BCUT2D eigenvalue weighted by molar-refractivity contribution is 0.398. The number of H-pyrrole nitrogens is 1. The van der Waals surface area contributed by atoms with Crippen molar-refractivity contribution in [2.24, 2.45) is 5.92 Å². The molecule has 4 aromatic heterocycles. The summed E-state index contributed by atoms with van der Waals surface area (Å²) in [7, 11) is 0. The highest BCUT2D eigenvalue weighted by molar-refractivity contribution is 5.64. The van der Waals surface area contributed by atoms with Gasteiger partial charge >= 0.3 is 0 Å². The van der Waals surface area contributed by atoms with E-state index >= 15 is 0 Å². The molecule has 158 valence electrons. The van der Waals surface area contributed by atoms with Crippen molar-refractivity contribution in [3.63, 3.8) is 0 Å². The van der Waals surface area contributed by atoms with E-state index in [2.05, 4.69) is 59.6 Å². The van der Waals surface area contributed by atoms with Crippen molar-refractivity contribution in [3.05, 3.63) is 54.7 Å². The molecule has 1 N–H and O–H groups in total. The number of fused-ring (bicyclic) bond motifs is 1. The van der Waals surface area contributed by atoms with Gasteiger partial charge in [-0.05, 0) is 42.5 Å². The molecule has 6 rings (SSSR count). The number of aromatic nitrogens is 6. The third-order valence-corrected chi connectivity index (χ3v) is 6.55. The van der Waals surface area contributed by atoms with Gasteiger partial charge in [-0.3, -0.25) is 9.50 Å². The molecule has 0 spiro atoms. The standard InChI is InChI=1S/C23H26N8/c1-16-9-17(18-10-26-27-11-18)14-30(13-16)23-24-6-5-20(28-23)21-12-25-22-4-3-19(15-31(21)22)29-7-2-8-29/h3-6,10-12,15-17H,2,7-9,13-14H2,1H3,(H,26,27)/t16-,17-/m0/s1. The number of nitrogens with zero attached hydrogens (tertiary/aromatic N) is 7. The van der Waals surface area contributed by atoms with Crippen LogP contribution in [0.1, 0.15) is 31.2 Å². The molecular formula is C23H26N8. The van der Waals surface area contributed by atoms with E-state index in [9.17, 15) is 0 Å². The molecule has 0 radical (unpaired) electrons. The molecule has 6 heterocycles. The van der Waals surface area contributed by atoms with Crippen molar-refractivity contribution >= 4 is 17.3 Å². The van der Waals surface area contributed by atoms with Crippen LogP contribution in [-0.2, 0) is 0 Å². The van der Waals surface area contributed by atoms with Gasteiger partial charge in [-0.15, -0.1) is 0 Å². The second-order valence-electron chi connectivity index (χ2n) is 8.82. The van der Waals surface area contributed by atoms with Crippen LogP contribution in [0.15, 0.2) is 49.2 Å². The minimum Gasteiger partial charge on any atom is -0.370 e. The maximum absolute atomic E-state index is 4.96. The number of pyridine rings is 1. The summed E-state index contributed by atoms with van der Waals surface area (Å²) in [5, 5.41) is 7.09. The number of aromatic amines is 1. The van der Waals surface area contributed by atoms with Gasteiger partial charge in [0, 0.05) is 50.7 Å². The van der Waals surface area contributed by atoms with E-state index in [0.29, 0.717) is 11.8 Å². The Hall–Kier alpha value is -3.42. The van der Waals surface area contributed by atoms with Crippen LogP contribution in [0, 0.1) is 5.92 Å². The maximum atomic E-state index is 4.96. The van der Waals surface area contributed by atoms with Gasteiger partial charge in [-0.2, -0.15) is 5.10 Å². The van der Waals surface area contributed by atoms with E-state index in [1.54, 1.807) is 0 Å². The van der Waals surface area contributed by atoms with Crippen LogP contribution in [0.25, 0.3) is 17.0 Å². The lowest BCUT2D eigenvalue weighted by Crippen LogP contribution is -2.39. The van der Waals surface area contributed by atoms with Crippen LogP contribution in [0.5, 0.6) is 0 Å². The van der Waals surface area contributed by atoms with Crippen LogP contribution < -0.4 is 9.80 Å². The SMILES string of the molecule is C[C@H]1C[C@H](c2cn[nH]c2)CN(c2nccc(-c3cnc4ccc(N5CCC5)cn34)n2)C1. The number of nitrogens with one attached hydrogen (secondary N) is 1. The highest BCUT2D eigenvalue weighted by Gasteiger charge is 2.28. The molecule has 0 saturated carbocycles. The number of imidazole rings is 1.